The number of rotatable bonds is 11. The largest absolute Gasteiger partial charge is 0.481 e. The minimum Gasteiger partial charge on any atom is -0.481 e. The van der Waals surface area contributed by atoms with Crippen LogP contribution in [0.3, 0.4) is 0 Å². The number of carboxylic acids is 1. The molecule has 0 rings (SSSR count). The van der Waals surface area contributed by atoms with Gasteiger partial charge < -0.3 is 15.2 Å². The van der Waals surface area contributed by atoms with Crippen LogP contribution in [0.4, 0.5) is 8.78 Å². The Bertz CT molecular complexity index is 300. The molecule has 5 nitrogen and oxygen atoms in total. The lowest BCUT2D eigenvalue weighted by Crippen LogP contribution is -2.33. The molecule has 2 N–H and O–H groups in total. The highest BCUT2D eigenvalue weighted by Crippen LogP contribution is 2.09. The van der Waals surface area contributed by atoms with Crippen molar-refractivity contribution in [3.05, 3.63) is 0 Å². The molecule has 0 heterocycles. The first kappa shape index (κ1) is 18.8. The number of halogens is 2. The summed E-state index contributed by atoms with van der Waals surface area (Å²) in [5, 5.41) is 11.4. The SMILES string of the molecule is CC(CCCC(C)C(=O)O)NC(=O)CCOCC(F)F. The molecule has 7 heteroatoms. The molecule has 0 aliphatic heterocycles. The second-order valence-corrected chi connectivity index (χ2v) is 4.85. The Morgan fingerprint density at radius 1 is 1.25 bits per heavy atom. The molecule has 0 bridgehead atoms. The van der Waals surface area contributed by atoms with Crippen molar-refractivity contribution in [1.82, 2.24) is 5.32 Å². The predicted molar refractivity (Wildman–Crippen MR) is 69.7 cm³/mol. The monoisotopic (exact) mass is 295 g/mol. The van der Waals surface area contributed by atoms with Crippen molar-refractivity contribution in [2.24, 2.45) is 5.92 Å². The van der Waals surface area contributed by atoms with Crippen molar-refractivity contribution in [2.45, 2.75) is 52.0 Å². The quantitative estimate of drug-likeness (QED) is 0.572. The van der Waals surface area contributed by atoms with Gasteiger partial charge in [0.2, 0.25) is 5.91 Å². The highest BCUT2D eigenvalue weighted by molar-refractivity contribution is 5.76. The Morgan fingerprint density at radius 3 is 2.45 bits per heavy atom. The van der Waals surface area contributed by atoms with E-state index in [4.69, 9.17) is 5.11 Å². The third-order valence-corrected chi connectivity index (χ3v) is 2.82. The van der Waals surface area contributed by atoms with E-state index < -0.39 is 19.0 Å². The molecule has 2 unspecified atom stereocenters. The Morgan fingerprint density at radius 2 is 1.90 bits per heavy atom. The number of carboxylic acid groups (broad SMARTS) is 1. The molecule has 118 valence electrons. The van der Waals surface area contributed by atoms with Gasteiger partial charge in [0.25, 0.3) is 6.43 Å². The van der Waals surface area contributed by atoms with Crippen molar-refractivity contribution in [1.29, 1.82) is 0 Å². The predicted octanol–water partition coefficient (Wildman–Crippen LogP) is 2.05. The molecule has 0 aromatic heterocycles. The van der Waals surface area contributed by atoms with E-state index in [0.717, 1.165) is 0 Å². The number of hydrogen-bond acceptors (Lipinski definition) is 3. The van der Waals surface area contributed by atoms with Gasteiger partial charge in [-0.05, 0) is 19.8 Å². The van der Waals surface area contributed by atoms with Gasteiger partial charge in [0, 0.05) is 12.5 Å². The first-order valence-corrected chi connectivity index (χ1v) is 6.71. The van der Waals surface area contributed by atoms with Crippen LogP contribution >= 0.6 is 0 Å². The Hall–Kier alpha value is -1.24. The Kier molecular flexibility index (Phi) is 9.88. The molecule has 0 aromatic carbocycles. The molecule has 0 radical (unpaired) electrons. The maximum atomic E-state index is 11.8. The Labute approximate surface area is 117 Å². The van der Waals surface area contributed by atoms with E-state index in [1.807, 2.05) is 6.92 Å². The zero-order chi connectivity index (χ0) is 15.5. The number of nitrogens with one attached hydrogen (secondary N) is 1. The van der Waals surface area contributed by atoms with Gasteiger partial charge in [-0.2, -0.15) is 0 Å². The number of alkyl halides is 2. The number of carbonyl (C=O) groups excluding carboxylic acids is 1. The normalized spacial score (nSPS) is 14.1. The maximum absolute atomic E-state index is 11.8. The summed E-state index contributed by atoms with van der Waals surface area (Å²) in [7, 11) is 0. The number of ether oxygens (including phenoxy) is 1. The topological polar surface area (TPSA) is 75.6 Å². The summed E-state index contributed by atoms with van der Waals surface area (Å²) in [6, 6.07) is -0.0707. The summed E-state index contributed by atoms with van der Waals surface area (Å²) in [5.74, 6) is -1.46. The van der Waals surface area contributed by atoms with Gasteiger partial charge in [0.05, 0.1) is 12.5 Å². The minimum atomic E-state index is -2.52. The first-order chi connectivity index (χ1) is 9.32. The fourth-order valence-electron chi connectivity index (χ4n) is 1.61. The lowest BCUT2D eigenvalue weighted by atomic mass is 10.0. The van der Waals surface area contributed by atoms with Crippen LogP contribution in [0.25, 0.3) is 0 Å². The first-order valence-electron chi connectivity index (χ1n) is 6.71. The summed E-state index contributed by atoms with van der Waals surface area (Å²) < 4.78 is 28.1. The van der Waals surface area contributed by atoms with E-state index in [0.29, 0.717) is 19.3 Å². The summed E-state index contributed by atoms with van der Waals surface area (Å²) >= 11 is 0. The lowest BCUT2D eigenvalue weighted by molar-refractivity contribution is -0.141. The molecule has 20 heavy (non-hydrogen) atoms. The van der Waals surface area contributed by atoms with Crippen molar-refractivity contribution in [2.75, 3.05) is 13.2 Å². The van der Waals surface area contributed by atoms with Crippen LogP contribution in [0, 0.1) is 5.92 Å². The summed E-state index contributed by atoms with van der Waals surface area (Å²) in [4.78, 5) is 22.0. The van der Waals surface area contributed by atoms with Crippen molar-refractivity contribution >= 4 is 11.9 Å². The van der Waals surface area contributed by atoms with E-state index >= 15 is 0 Å². The van der Waals surface area contributed by atoms with Gasteiger partial charge >= 0.3 is 5.97 Å². The van der Waals surface area contributed by atoms with Gasteiger partial charge in [-0.15, -0.1) is 0 Å². The average Bonchev–Trinajstić information content (AvgIpc) is 2.34. The van der Waals surface area contributed by atoms with Gasteiger partial charge in [-0.1, -0.05) is 13.3 Å². The number of hydrogen-bond donors (Lipinski definition) is 2. The fraction of sp³-hybridized carbons (Fsp3) is 0.846. The molecular formula is C13H23F2NO4. The summed E-state index contributed by atoms with van der Waals surface area (Å²) in [6.45, 7) is 2.78. The minimum absolute atomic E-state index is 0.0288. The number of aliphatic carboxylic acids is 1. The van der Waals surface area contributed by atoms with E-state index in [2.05, 4.69) is 10.1 Å². The summed E-state index contributed by atoms with van der Waals surface area (Å²) in [6.07, 6.45) is -0.526. The highest BCUT2D eigenvalue weighted by Gasteiger charge is 2.12. The van der Waals surface area contributed by atoms with E-state index in [-0.39, 0.29) is 30.9 Å². The number of carbonyl (C=O) groups is 2. The maximum Gasteiger partial charge on any atom is 0.306 e. The Balaban J connectivity index is 3.62. The zero-order valence-electron chi connectivity index (χ0n) is 11.9. The van der Waals surface area contributed by atoms with Gasteiger partial charge in [0.15, 0.2) is 0 Å². The molecule has 0 saturated heterocycles. The molecule has 0 aliphatic rings. The molecule has 0 spiro atoms. The van der Waals surface area contributed by atoms with E-state index in [1.165, 1.54) is 0 Å². The van der Waals surface area contributed by atoms with Gasteiger partial charge in [0.1, 0.15) is 6.61 Å². The highest BCUT2D eigenvalue weighted by atomic mass is 19.3. The van der Waals surface area contributed by atoms with E-state index in [9.17, 15) is 18.4 Å². The van der Waals surface area contributed by atoms with Crippen LogP contribution in [0.5, 0.6) is 0 Å². The molecule has 1 amide bonds. The molecule has 0 aromatic rings. The zero-order valence-corrected chi connectivity index (χ0v) is 11.9. The van der Waals surface area contributed by atoms with Crippen molar-refractivity contribution in [3.8, 4) is 0 Å². The third-order valence-electron chi connectivity index (χ3n) is 2.82. The second kappa shape index (κ2) is 10.5. The lowest BCUT2D eigenvalue weighted by Gasteiger charge is -2.14. The van der Waals surface area contributed by atoms with Crippen LogP contribution in [0.15, 0.2) is 0 Å². The van der Waals surface area contributed by atoms with Crippen molar-refractivity contribution < 1.29 is 28.2 Å². The number of amides is 1. The summed E-state index contributed by atoms with van der Waals surface area (Å²) in [5.41, 5.74) is 0. The molecular weight excluding hydrogens is 272 g/mol. The van der Waals surface area contributed by atoms with Crippen LogP contribution in [-0.2, 0) is 14.3 Å². The third kappa shape index (κ3) is 10.7. The second-order valence-electron chi connectivity index (χ2n) is 4.85. The standard InChI is InChI=1S/C13H23F2NO4/c1-9(13(18)19)4-3-5-10(2)16-12(17)6-7-20-8-11(14)15/h9-11H,3-8H2,1-2H3,(H,16,17)(H,18,19). The molecule has 2 atom stereocenters. The van der Waals surface area contributed by atoms with Crippen molar-refractivity contribution in [3.63, 3.8) is 0 Å². The van der Waals surface area contributed by atoms with Crippen LogP contribution in [0.2, 0.25) is 0 Å². The fourth-order valence-corrected chi connectivity index (χ4v) is 1.61. The van der Waals surface area contributed by atoms with Crippen LogP contribution in [0.1, 0.15) is 39.5 Å². The smallest absolute Gasteiger partial charge is 0.306 e. The molecule has 0 saturated carbocycles. The van der Waals surface area contributed by atoms with Gasteiger partial charge in [-0.25, -0.2) is 8.78 Å². The van der Waals surface area contributed by atoms with Crippen LogP contribution in [-0.4, -0.2) is 42.7 Å². The average molecular weight is 295 g/mol. The van der Waals surface area contributed by atoms with Crippen LogP contribution < -0.4 is 5.32 Å². The van der Waals surface area contributed by atoms with E-state index in [1.54, 1.807) is 6.92 Å². The molecule has 0 fully saturated rings. The molecule has 0 aliphatic carbocycles. The van der Waals surface area contributed by atoms with Gasteiger partial charge in [-0.3, -0.25) is 9.59 Å².